The Morgan fingerprint density at radius 2 is 1.33 bits per heavy atom. The minimum absolute atomic E-state index is 0.117. The lowest BCUT2D eigenvalue weighted by Crippen LogP contribution is -1.96. The molecule has 0 radical (unpaired) electrons. The maximum Gasteiger partial charge on any atom is 0.160 e. The Morgan fingerprint density at radius 1 is 0.704 bits per heavy atom. The van der Waals surface area contributed by atoms with Crippen molar-refractivity contribution in [1.29, 1.82) is 0 Å². The Hall–Kier alpha value is -3.66. The Balaban J connectivity index is 1.91. The van der Waals surface area contributed by atoms with Gasteiger partial charge in [-0.3, -0.25) is 0 Å². The summed E-state index contributed by atoms with van der Waals surface area (Å²) in [5, 5.41) is 10.5. The molecule has 132 valence electrons. The van der Waals surface area contributed by atoms with Crippen LogP contribution in [0.2, 0.25) is 0 Å². The smallest absolute Gasteiger partial charge is 0.160 e. The summed E-state index contributed by atoms with van der Waals surface area (Å²) >= 11 is 0. The van der Waals surface area contributed by atoms with Gasteiger partial charge in [-0.2, -0.15) is 0 Å². The molecule has 0 aliphatic carbocycles. The fourth-order valence-corrected chi connectivity index (χ4v) is 2.91. The summed E-state index contributed by atoms with van der Waals surface area (Å²) in [6.07, 6.45) is 0. The molecule has 3 aromatic carbocycles. The molecule has 0 saturated heterocycles. The van der Waals surface area contributed by atoms with E-state index in [4.69, 9.17) is 14.7 Å². The molecule has 0 saturated carbocycles. The Morgan fingerprint density at radius 3 is 1.96 bits per heavy atom. The van der Waals surface area contributed by atoms with Crippen molar-refractivity contribution in [1.82, 2.24) is 9.97 Å². The minimum atomic E-state index is 0.117. The fraction of sp³-hybridized carbons (Fsp3) is 0.0435. The lowest BCUT2D eigenvalue weighted by atomic mass is 10.1. The third-order valence-electron chi connectivity index (χ3n) is 4.31. The van der Waals surface area contributed by atoms with Gasteiger partial charge in [0, 0.05) is 22.8 Å². The first-order chi connectivity index (χ1) is 13.2. The van der Waals surface area contributed by atoms with E-state index in [2.05, 4.69) is 0 Å². The van der Waals surface area contributed by atoms with Crippen LogP contribution in [0.3, 0.4) is 0 Å². The van der Waals surface area contributed by atoms with Crippen LogP contribution < -0.4 is 4.74 Å². The average Bonchev–Trinajstić information content (AvgIpc) is 2.74. The van der Waals surface area contributed by atoms with Gasteiger partial charge < -0.3 is 9.84 Å². The second-order valence-electron chi connectivity index (χ2n) is 6.08. The fourth-order valence-electron chi connectivity index (χ4n) is 2.91. The molecule has 0 atom stereocenters. The van der Waals surface area contributed by atoms with Gasteiger partial charge in [0.05, 0.1) is 18.5 Å². The highest BCUT2D eigenvalue weighted by atomic mass is 16.5. The van der Waals surface area contributed by atoms with E-state index in [9.17, 15) is 5.11 Å². The second kappa shape index (κ2) is 7.30. The van der Waals surface area contributed by atoms with E-state index in [0.29, 0.717) is 22.8 Å². The van der Waals surface area contributed by atoms with Gasteiger partial charge in [-0.15, -0.1) is 0 Å². The number of benzene rings is 3. The number of methoxy groups -OCH3 is 1. The molecule has 4 nitrogen and oxygen atoms in total. The largest absolute Gasteiger partial charge is 0.507 e. The van der Waals surface area contributed by atoms with Crippen molar-refractivity contribution in [2.24, 2.45) is 0 Å². The van der Waals surface area contributed by atoms with Crippen LogP contribution in [0.25, 0.3) is 33.9 Å². The number of aromatic nitrogens is 2. The molecule has 4 aromatic rings. The van der Waals surface area contributed by atoms with Crippen molar-refractivity contribution in [2.45, 2.75) is 0 Å². The Labute approximate surface area is 157 Å². The first-order valence-electron chi connectivity index (χ1n) is 8.62. The molecule has 0 unspecified atom stereocenters. The molecule has 1 aromatic heterocycles. The summed E-state index contributed by atoms with van der Waals surface area (Å²) in [5.74, 6) is 1.32. The zero-order chi connectivity index (χ0) is 18.6. The molecule has 0 aliphatic rings. The van der Waals surface area contributed by atoms with Gasteiger partial charge in [-0.1, -0.05) is 60.7 Å². The third kappa shape index (κ3) is 3.51. The van der Waals surface area contributed by atoms with Gasteiger partial charge in [0.2, 0.25) is 0 Å². The number of hydrogen-bond acceptors (Lipinski definition) is 4. The molecule has 0 spiro atoms. The van der Waals surface area contributed by atoms with Crippen LogP contribution in [-0.2, 0) is 0 Å². The predicted molar refractivity (Wildman–Crippen MR) is 107 cm³/mol. The number of aromatic hydroxyl groups is 1. The summed E-state index contributed by atoms with van der Waals surface area (Å²) in [7, 11) is 1.57. The van der Waals surface area contributed by atoms with Gasteiger partial charge in [0.25, 0.3) is 0 Å². The zero-order valence-corrected chi connectivity index (χ0v) is 14.8. The molecule has 0 amide bonds. The molecule has 4 rings (SSSR count). The maximum absolute atomic E-state index is 10.5. The molecule has 1 N–H and O–H groups in total. The predicted octanol–water partition coefficient (Wildman–Crippen LogP) is 5.19. The van der Waals surface area contributed by atoms with Crippen LogP contribution in [0.1, 0.15) is 0 Å². The second-order valence-corrected chi connectivity index (χ2v) is 6.08. The highest BCUT2D eigenvalue weighted by Gasteiger charge is 2.13. The van der Waals surface area contributed by atoms with E-state index < -0.39 is 0 Å². The third-order valence-corrected chi connectivity index (χ3v) is 4.31. The van der Waals surface area contributed by atoms with Crippen LogP contribution in [-0.4, -0.2) is 22.2 Å². The number of nitrogens with zero attached hydrogens (tertiary/aromatic N) is 2. The van der Waals surface area contributed by atoms with Crippen LogP contribution >= 0.6 is 0 Å². The van der Waals surface area contributed by atoms with Crippen LogP contribution in [0, 0.1) is 0 Å². The van der Waals surface area contributed by atoms with Crippen molar-refractivity contribution in [3.8, 4) is 45.4 Å². The average molecular weight is 354 g/mol. The van der Waals surface area contributed by atoms with E-state index in [1.807, 2.05) is 72.8 Å². The molecule has 0 fully saturated rings. The standard InChI is InChI=1S/C23H18N2O2/c1-27-18-12-13-19(22(26)14-18)21-15-20(16-8-4-2-5-9-16)24-23(25-21)17-10-6-3-7-11-17/h2-15,26H,1H3. The van der Waals surface area contributed by atoms with Crippen LogP contribution in [0.15, 0.2) is 84.9 Å². The number of phenols is 1. The quantitative estimate of drug-likeness (QED) is 0.548. The SMILES string of the molecule is COc1ccc(-c2cc(-c3ccccc3)nc(-c3ccccc3)n2)c(O)c1. The van der Waals surface area contributed by atoms with Crippen LogP contribution in [0.4, 0.5) is 0 Å². The first kappa shape index (κ1) is 16.8. The summed E-state index contributed by atoms with van der Waals surface area (Å²) in [4.78, 5) is 9.45. The monoisotopic (exact) mass is 354 g/mol. The van der Waals surface area contributed by atoms with Gasteiger partial charge in [0.1, 0.15) is 11.5 Å². The number of phenolic OH excluding ortho intramolecular Hbond substituents is 1. The van der Waals surface area contributed by atoms with E-state index in [1.165, 1.54) is 0 Å². The van der Waals surface area contributed by atoms with Gasteiger partial charge in [-0.05, 0) is 18.2 Å². The molecule has 1 heterocycles. The lowest BCUT2D eigenvalue weighted by Gasteiger charge is -2.11. The van der Waals surface area contributed by atoms with E-state index in [0.717, 1.165) is 16.8 Å². The summed E-state index contributed by atoms with van der Waals surface area (Å²) < 4.78 is 5.18. The van der Waals surface area contributed by atoms with E-state index in [-0.39, 0.29) is 5.75 Å². The van der Waals surface area contributed by atoms with Crippen molar-refractivity contribution < 1.29 is 9.84 Å². The first-order valence-corrected chi connectivity index (χ1v) is 8.62. The van der Waals surface area contributed by atoms with Crippen molar-refractivity contribution in [3.05, 3.63) is 84.9 Å². The molecule has 27 heavy (non-hydrogen) atoms. The van der Waals surface area contributed by atoms with Gasteiger partial charge in [0.15, 0.2) is 5.82 Å². The summed E-state index contributed by atoms with van der Waals surface area (Å²) in [6, 6.07) is 26.9. The zero-order valence-electron chi connectivity index (χ0n) is 14.8. The summed E-state index contributed by atoms with van der Waals surface area (Å²) in [6.45, 7) is 0. The molecular weight excluding hydrogens is 336 g/mol. The summed E-state index contributed by atoms with van der Waals surface area (Å²) in [5.41, 5.74) is 4.00. The van der Waals surface area contributed by atoms with Gasteiger partial charge in [-0.25, -0.2) is 9.97 Å². The number of rotatable bonds is 4. The molecule has 0 bridgehead atoms. The highest BCUT2D eigenvalue weighted by Crippen LogP contribution is 2.34. The van der Waals surface area contributed by atoms with Crippen LogP contribution in [0.5, 0.6) is 11.5 Å². The molecule has 4 heteroatoms. The normalized spacial score (nSPS) is 10.6. The Kier molecular flexibility index (Phi) is 4.54. The Bertz CT molecular complexity index is 1010. The number of ether oxygens (including phenoxy) is 1. The number of hydrogen-bond donors (Lipinski definition) is 1. The lowest BCUT2D eigenvalue weighted by molar-refractivity contribution is 0.408. The maximum atomic E-state index is 10.5. The van der Waals surface area contributed by atoms with Crippen molar-refractivity contribution in [2.75, 3.05) is 7.11 Å². The van der Waals surface area contributed by atoms with Crippen molar-refractivity contribution >= 4 is 0 Å². The minimum Gasteiger partial charge on any atom is -0.507 e. The van der Waals surface area contributed by atoms with Gasteiger partial charge >= 0.3 is 0 Å². The molecular formula is C23H18N2O2. The van der Waals surface area contributed by atoms with Crippen molar-refractivity contribution in [3.63, 3.8) is 0 Å². The van der Waals surface area contributed by atoms with E-state index in [1.54, 1.807) is 19.2 Å². The topological polar surface area (TPSA) is 55.2 Å². The molecule has 0 aliphatic heterocycles. The highest BCUT2D eigenvalue weighted by molar-refractivity contribution is 5.75. The van der Waals surface area contributed by atoms with E-state index >= 15 is 0 Å².